The van der Waals surface area contributed by atoms with E-state index in [9.17, 15) is 35.6 Å². The first-order chi connectivity index (χ1) is 16.4. The minimum Gasteiger partial charge on any atom is -0.433 e. The van der Waals surface area contributed by atoms with Gasteiger partial charge in [0.1, 0.15) is 28.4 Å². The number of hydrogen-bond donors (Lipinski definition) is 1. The maximum absolute atomic E-state index is 12.8. The molecule has 0 amide bonds. The molecule has 0 aromatic carbocycles. The van der Waals surface area contributed by atoms with Crippen LogP contribution in [-0.2, 0) is 10.0 Å². The Morgan fingerprint density at radius 1 is 1.20 bits per heavy atom. The summed E-state index contributed by atoms with van der Waals surface area (Å²) in [5.41, 5.74) is 1.09. The van der Waals surface area contributed by atoms with Crippen molar-refractivity contribution in [1.29, 1.82) is 5.26 Å². The molecule has 0 saturated carbocycles. The monoisotopic (exact) mass is 511 g/mol. The van der Waals surface area contributed by atoms with Crippen LogP contribution < -0.4 is 9.46 Å². The van der Waals surface area contributed by atoms with Gasteiger partial charge in [-0.1, -0.05) is 6.08 Å². The number of rotatable bonds is 7. The molecule has 1 aliphatic carbocycles. The molecule has 3 heterocycles. The van der Waals surface area contributed by atoms with Crippen molar-refractivity contribution in [3.63, 3.8) is 0 Å². The van der Waals surface area contributed by atoms with Gasteiger partial charge < -0.3 is 4.74 Å². The lowest BCUT2D eigenvalue weighted by Crippen LogP contribution is -2.42. The molecule has 1 N–H and O–H groups in total. The predicted molar refractivity (Wildman–Crippen MR) is 114 cm³/mol. The van der Waals surface area contributed by atoms with Gasteiger partial charge in [-0.05, 0) is 37.3 Å². The molecule has 1 atom stereocenters. The van der Waals surface area contributed by atoms with Crippen LogP contribution >= 0.6 is 0 Å². The van der Waals surface area contributed by atoms with Crippen molar-refractivity contribution in [3.05, 3.63) is 54.4 Å². The summed E-state index contributed by atoms with van der Waals surface area (Å²) in [5, 5.41) is 10.0. The van der Waals surface area contributed by atoms with Gasteiger partial charge in [0, 0.05) is 17.3 Å². The first-order valence-electron chi connectivity index (χ1n) is 9.76. The highest BCUT2D eigenvalue weighted by Gasteiger charge is 2.39. The summed E-state index contributed by atoms with van der Waals surface area (Å²) >= 11 is 0. The van der Waals surface area contributed by atoms with Crippen molar-refractivity contribution in [3.8, 4) is 23.2 Å². The highest BCUT2D eigenvalue weighted by Crippen LogP contribution is 2.37. The van der Waals surface area contributed by atoms with Gasteiger partial charge in [-0.2, -0.15) is 31.9 Å². The van der Waals surface area contributed by atoms with Crippen LogP contribution in [0.4, 0.5) is 22.0 Å². The number of aromatic nitrogens is 3. The number of sulfonamides is 1. The van der Waals surface area contributed by atoms with Crippen molar-refractivity contribution in [1.82, 2.24) is 19.3 Å². The lowest BCUT2D eigenvalue weighted by atomic mass is 10.1. The Bertz CT molecular complexity index is 1500. The lowest BCUT2D eigenvalue weighted by Gasteiger charge is -2.17. The summed E-state index contributed by atoms with van der Waals surface area (Å²) in [5.74, 6) is -0.273. The van der Waals surface area contributed by atoms with E-state index in [1.165, 1.54) is 21.4 Å². The quantitative estimate of drug-likeness (QED) is 0.476. The van der Waals surface area contributed by atoms with E-state index >= 15 is 0 Å². The van der Waals surface area contributed by atoms with Crippen LogP contribution in [0.25, 0.3) is 28.1 Å². The van der Waals surface area contributed by atoms with E-state index in [1.54, 1.807) is 18.2 Å². The van der Waals surface area contributed by atoms with E-state index in [1.807, 2.05) is 6.07 Å². The summed E-state index contributed by atoms with van der Waals surface area (Å²) < 4.78 is 95.8. The van der Waals surface area contributed by atoms with Crippen molar-refractivity contribution in [2.45, 2.75) is 30.6 Å². The molecule has 182 valence electrons. The van der Waals surface area contributed by atoms with Crippen LogP contribution in [0.5, 0.6) is 5.75 Å². The molecule has 8 nitrogen and oxygen atoms in total. The van der Waals surface area contributed by atoms with Crippen LogP contribution in [-0.4, -0.2) is 41.8 Å². The standard InChI is InChI=1S/C21H14F5N5O3S/c1-11(21(24,25)26)30-35(32,33)14-5-6-17(28-10-14)18-16(8-27)15-7-13(34-20(22)23)9-29-19(15)31(18)12-3-2-4-12/h2-7,9-11,20,30H,1H3/t11-/m1/s1. The van der Waals surface area contributed by atoms with Gasteiger partial charge in [0.25, 0.3) is 0 Å². The second-order valence-electron chi connectivity index (χ2n) is 7.31. The van der Waals surface area contributed by atoms with Gasteiger partial charge in [0.2, 0.25) is 10.0 Å². The summed E-state index contributed by atoms with van der Waals surface area (Å²) in [7, 11) is -4.55. The summed E-state index contributed by atoms with van der Waals surface area (Å²) in [6, 6.07) is 3.13. The lowest BCUT2D eigenvalue weighted by molar-refractivity contribution is -0.147. The van der Waals surface area contributed by atoms with Crippen LogP contribution in [0.3, 0.4) is 0 Å². The number of alkyl halides is 5. The first kappa shape index (κ1) is 24.3. The average Bonchev–Trinajstić information content (AvgIpc) is 3.04. The third-order valence-electron chi connectivity index (χ3n) is 5.02. The van der Waals surface area contributed by atoms with Crippen LogP contribution in [0.15, 0.2) is 53.7 Å². The number of nitrogens with one attached hydrogen (secondary N) is 1. The third kappa shape index (κ3) is 4.60. The van der Waals surface area contributed by atoms with E-state index < -0.39 is 33.7 Å². The number of allylic oxidation sites excluding steroid dienone is 4. The number of fused-ring (bicyclic) bond motifs is 1. The van der Waals surface area contributed by atoms with E-state index in [4.69, 9.17) is 0 Å². The van der Waals surface area contributed by atoms with Crippen LogP contribution in [0.1, 0.15) is 12.5 Å². The van der Waals surface area contributed by atoms with Crippen molar-refractivity contribution < 1.29 is 35.1 Å². The van der Waals surface area contributed by atoms with Crippen molar-refractivity contribution in [2.75, 3.05) is 0 Å². The first-order valence-corrected chi connectivity index (χ1v) is 11.2. The van der Waals surface area contributed by atoms with Crippen molar-refractivity contribution >= 4 is 26.8 Å². The molecule has 0 unspecified atom stereocenters. The minimum atomic E-state index is -4.78. The minimum absolute atomic E-state index is 0.000317. The SMILES string of the molecule is C[C@@H](NS(=O)(=O)c1ccc(-c2c(C#N)c3cc(OC(F)F)cnc3n2C2=CC=C2)nc1)C(F)(F)F. The zero-order valence-electron chi connectivity index (χ0n) is 17.6. The second-order valence-corrected chi connectivity index (χ2v) is 9.02. The molecule has 35 heavy (non-hydrogen) atoms. The van der Waals surface area contributed by atoms with Gasteiger partial charge in [-0.25, -0.2) is 13.4 Å². The molecular weight excluding hydrogens is 497 g/mol. The molecule has 0 saturated heterocycles. The van der Waals surface area contributed by atoms with Crippen molar-refractivity contribution in [2.24, 2.45) is 0 Å². The molecule has 1 aliphatic rings. The summed E-state index contributed by atoms with van der Waals surface area (Å²) in [6.07, 6.45) is 2.23. The molecule has 4 rings (SSSR count). The van der Waals surface area contributed by atoms with Gasteiger partial charge in [0.05, 0.1) is 23.1 Å². The highest BCUT2D eigenvalue weighted by atomic mass is 32.2. The maximum Gasteiger partial charge on any atom is 0.404 e. The third-order valence-corrected chi connectivity index (χ3v) is 6.55. The number of nitrogens with zero attached hydrogens (tertiary/aromatic N) is 4. The van der Waals surface area contributed by atoms with E-state index in [-0.39, 0.29) is 33.7 Å². The number of nitriles is 1. The molecule has 0 bridgehead atoms. The molecule has 0 radical (unpaired) electrons. The van der Waals surface area contributed by atoms with Crippen LogP contribution in [0, 0.1) is 11.3 Å². The summed E-state index contributed by atoms with van der Waals surface area (Å²) in [4.78, 5) is 7.68. The highest BCUT2D eigenvalue weighted by molar-refractivity contribution is 7.89. The van der Waals surface area contributed by atoms with Crippen LogP contribution in [0.2, 0.25) is 0 Å². The number of halogens is 5. The molecule has 14 heteroatoms. The van der Waals surface area contributed by atoms with Gasteiger partial charge >= 0.3 is 12.8 Å². The fourth-order valence-electron chi connectivity index (χ4n) is 3.30. The topological polar surface area (TPSA) is 110 Å². The normalized spacial score (nSPS) is 14.5. The maximum atomic E-state index is 12.8. The fourth-order valence-corrected chi connectivity index (χ4v) is 4.47. The van der Waals surface area contributed by atoms with Gasteiger partial charge in [-0.3, -0.25) is 9.55 Å². The Hall–Kier alpha value is -3.83. The Balaban J connectivity index is 1.82. The molecule has 0 spiro atoms. The Labute approximate surface area is 195 Å². The molecule has 0 aliphatic heterocycles. The average molecular weight is 511 g/mol. The van der Waals surface area contributed by atoms with Gasteiger partial charge in [0.15, 0.2) is 0 Å². The number of pyridine rings is 2. The van der Waals surface area contributed by atoms with E-state index in [2.05, 4.69) is 14.7 Å². The molecule has 0 fully saturated rings. The molecular formula is C21H14F5N5O3S. The second kappa shape index (κ2) is 8.75. The Morgan fingerprint density at radius 3 is 2.43 bits per heavy atom. The van der Waals surface area contributed by atoms with E-state index in [0.717, 1.165) is 18.5 Å². The number of hydrogen-bond acceptors (Lipinski definition) is 6. The Kier molecular flexibility index (Phi) is 6.07. The summed E-state index contributed by atoms with van der Waals surface area (Å²) in [6.45, 7) is -2.45. The van der Waals surface area contributed by atoms with E-state index in [0.29, 0.717) is 12.6 Å². The molecule has 3 aromatic rings. The number of ether oxygens (including phenoxy) is 1. The smallest absolute Gasteiger partial charge is 0.404 e. The Morgan fingerprint density at radius 2 is 1.91 bits per heavy atom. The molecule has 3 aromatic heterocycles. The largest absolute Gasteiger partial charge is 0.433 e. The predicted octanol–water partition coefficient (Wildman–Crippen LogP) is 4.21. The zero-order valence-corrected chi connectivity index (χ0v) is 18.4. The zero-order chi connectivity index (χ0) is 25.5. The fraction of sp³-hybridized carbons (Fsp3) is 0.190. The van der Waals surface area contributed by atoms with Gasteiger partial charge in [-0.15, -0.1) is 0 Å².